The van der Waals surface area contributed by atoms with Gasteiger partial charge in [0.2, 0.25) is 5.95 Å². The lowest BCUT2D eigenvalue weighted by molar-refractivity contribution is 0.479. The second-order valence-corrected chi connectivity index (χ2v) is 8.69. The first-order chi connectivity index (χ1) is 15.3. The van der Waals surface area contributed by atoms with Crippen LogP contribution in [0.3, 0.4) is 0 Å². The van der Waals surface area contributed by atoms with E-state index in [2.05, 4.69) is 29.6 Å². The number of hydrogen-bond donors (Lipinski definition) is 1. The highest BCUT2D eigenvalue weighted by atomic mass is 32.2. The Kier molecular flexibility index (Phi) is 5.75. The summed E-state index contributed by atoms with van der Waals surface area (Å²) >= 11 is 1.62. The van der Waals surface area contributed by atoms with Gasteiger partial charge in [0.25, 0.3) is 5.56 Å². The molecule has 5 rings (SSSR count). The van der Waals surface area contributed by atoms with Crippen LogP contribution >= 0.6 is 11.8 Å². The third-order valence-electron chi connectivity index (χ3n) is 5.46. The number of nitrogens with one attached hydrogen (secondary N) is 1. The van der Waals surface area contributed by atoms with Crippen molar-refractivity contribution in [3.05, 3.63) is 64.6 Å². The molecule has 0 saturated carbocycles. The maximum absolute atomic E-state index is 12.3. The van der Waals surface area contributed by atoms with Gasteiger partial charge in [-0.3, -0.25) is 9.36 Å². The van der Waals surface area contributed by atoms with Crippen LogP contribution in [0.25, 0.3) is 10.9 Å². The first-order valence-electron chi connectivity index (χ1n) is 10.6. The molecule has 1 fully saturated rings. The van der Waals surface area contributed by atoms with Gasteiger partial charge in [0.1, 0.15) is 11.6 Å². The summed E-state index contributed by atoms with van der Waals surface area (Å²) in [6, 6.07) is 11.3. The molecule has 0 aliphatic carbocycles. The second kappa shape index (κ2) is 8.97. The van der Waals surface area contributed by atoms with Crippen LogP contribution in [0.4, 0.5) is 5.95 Å². The lowest BCUT2D eigenvalue weighted by Crippen LogP contribution is -2.32. The number of hydrogen-bond acceptors (Lipinski definition) is 7. The summed E-state index contributed by atoms with van der Waals surface area (Å²) in [5.41, 5.74) is 0.624. The fraction of sp³-hybridized carbons (Fsp3) is 0.364. The van der Waals surface area contributed by atoms with Crippen molar-refractivity contribution in [2.75, 3.05) is 23.7 Å². The minimum absolute atomic E-state index is 0.0982. The fourth-order valence-electron chi connectivity index (χ4n) is 3.90. The van der Waals surface area contributed by atoms with Gasteiger partial charge in [-0.15, -0.1) is 10.2 Å². The number of H-pyrrole nitrogens is 1. The normalized spacial score (nSPS) is 14.4. The van der Waals surface area contributed by atoms with Crippen molar-refractivity contribution in [1.82, 2.24) is 24.7 Å². The smallest absolute Gasteiger partial charge is 0.258 e. The number of para-hydroxylation sites is 1. The Morgan fingerprint density at radius 1 is 1.06 bits per heavy atom. The number of piperidine rings is 1. The lowest BCUT2D eigenvalue weighted by atomic mass is 10.1. The Bertz CT molecular complexity index is 1210. The second-order valence-electron chi connectivity index (χ2n) is 7.62. The van der Waals surface area contributed by atoms with Gasteiger partial charge in [-0.1, -0.05) is 23.9 Å². The Hall–Kier alpha value is -3.07. The number of furan rings is 1. The predicted molar refractivity (Wildman–Crippen MR) is 121 cm³/mol. The van der Waals surface area contributed by atoms with E-state index in [-0.39, 0.29) is 5.56 Å². The lowest BCUT2D eigenvalue weighted by Gasteiger charge is -2.27. The highest BCUT2D eigenvalue weighted by molar-refractivity contribution is 7.99. The maximum Gasteiger partial charge on any atom is 0.258 e. The molecule has 0 spiro atoms. The number of aromatic nitrogens is 5. The largest absolute Gasteiger partial charge is 0.467 e. The van der Waals surface area contributed by atoms with Crippen LogP contribution < -0.4 is 10.5 Å². The van der Waals surface area contributed by atoms with Gasteiger partial charge in [0.05, 0.1) is 23.7 Å². The topological polar surface area (TPSA) is 92.8 Å². The van der Waals surface area contributed by atoms with Gasteiger partial charge in [0, 0.05) is 25.3 Å². The molecular formula is C22H24N6O2S. The summed E-state index contributed by atoms with van der Waals surface area (Å²) in [6.07, 6.45) is 5.95. The van der Waals surface area contributed by atoms with Crippen molar-refractivity contribution in [1.29, 1.82) is 0 Å². The number of anilines is 1. The zero-order valence-corrected chi connectivity index (χ0v) is 18.0. The standard InChI is InChI=1S/C22H24N6O2S/c29-20-17-8-2-3-9-18(17)23-19(24-20)10-14-31-22-26-25-21(27-11-4-1-5-12-27)28(22)15-16-7-6-13-30-16/h2-3,6-9,13H,1,4-5,10-12,14-15H2,(H,23,24,29). The van der Waals surface area contributed by atoms with E-state index in [1.54, 1.807) is 24.1 Å². The minimum atomic E-state index is -0.0982. The van der Waals surface area contributed by atoms with Crippen molar-refractivity contribution in [3.63, 3.8) is 0 Å². The zero-order chi connectivity index (χ0) is 21.0. The zero-order valence-electron chi connectivity index (χ0n) is 17.2. The molecule has 160 valence electrons. The molecule has 3 aromatic heterocycles. The van der Waals surface area contributed by atoms with Crippen LogP contribution in [0.1, 0.15) is 30.8 Å². The van der Waals surface area contributed by atoms with Crippen LogP contribution in [0.2, 0.25) is 0 Å². The SMILES string of the molecule is O=c1[nH]c(CCSc2nnc(N3CCCCC3)n2Cc2ccco2)nc2ccccc12. The number of thioether (sulfide) groups is 1. The van der Waals surface area contributed by atoms with Crippen molar-refractivity contribution >= 4 is 28.6 Å². The van der Waals surface area contributed by atoms with Crippen LogP contribution in [-0.4, -0.2) is 43.6 Å². The number of aryl methyl sites for hydroxylation is 1. The minimum Gasteiger partial charge on any atom is -0.467 e. The molecule has 1 N–H and O–H groups in total. The van der Waals surface area contributed by atoms with E-state index >= 15 is 0 Å². The Morgan fingerprint density at radius 2 is 1.94 bits per heavy atom. The van der Waals surface area contributed by atoms with Crippen LogP contribution in [0.15, 0.2) is 57.0 Å². The molecule has 0 radical (unpaired) electrons. The Morgan fingerprint density at radius 3 is 2.77 bits per heavy atom. The van der Waals surface area contributed by atoms with Gasteiger partial charge in [-0.05, 0) is 43.5 Å². The molecule has 9 heteroatoms. The number of nitrogens with zero attached hydrogens (tertiary/aromatic N) is 5. The number of benzene rings is 1. The van der Waals surface area contributed by atoms with E-state index in [0.29, 0.717) is 24.2 Å². The van der Waals surface area contributed by atoms with Gasteiger partial charge in [0.15, 0.2) is 5.16 Å². The first-order valence-corrected chi connectivity index (χ1v) is 11.6. The van der Waals surface area contributed by atoms with Crippen LogP contribution in [-0.2, 0) is 13.0 Å². The number of rotatable bonds is 7. The van der Waals surface area contributed by atoms with Crippen LogP contribution in [0.5, 0.6) is 0 Å². The third-order valence-corrected chi connectivity index (χ3v) is 6.43. The van der Waals surface area contributed by atoms with E-state index in [1.165, 1.54) is 19.3 Å². The number of fused-ring (bicyclic) bond motifs is 1. The van der Waals surface area contributed by atoms with Crippen molar-refractivity contribution in [3.8, 4) is 0 Å². The molecule has 0 bridgehead atoms. The molecule has 8 nitrogen and oxygen atoms in total. The summed E-state index contributed by atoms with van der Waals surface area (Å²) in [5.74, 6) is 3.19. The maximum atomic E-state index is 12.3. The molecule has 4 aromatic rings. The molecule has 1 aliphatic heterocycles. The monoisotopic (exact) mass is 436 g/mol. The fourth-order valence-corrected chi connectivity index (χ4v) is 4.78. The molecule has 0 unspecified atom stereocenters. The average molecular weight is 437 g/mol. The van der Waals surface area contributed by atoms with Crippen molar-refractivity contribution in [2.45, 2.75) is 37.4 Å². The first kappa shape index (κ1) is 19.9. The molecule has 4 heterocycles. The van der Waals surface area contributed by atoms with Crippen molar-refractivity contribution in [2.24, 2.45) is 0 Å². The van der Waals surface area contributed by atoms with Gasteiger partial charge >= 0.3 is 0 Å². The molecular weight excluding hydrogens is 412 g/mol. The molecule has 1 aliphatic rings. The van der Waals surface area contributed by atoms with Gasteiger partial charge in [-0.2, -0.15) is 0 Å². The quantitative estimate of drug-likeness (QED) is 0.443. The Labute approximate surface area is 183 Å². The molecule has 0 amide bonds. The van der Waals surface area contributed by atoms with E-state index in [4.69, 9.17) is 4.42 Å². The summed E-state index contributed by atoms with van der Waals surface area (Å²) in [6.45, 7) is 2.60. The predicted octanol–water partition coefficient (Wildman–Crippen LogP) is 3.48. The molecule has 1 aromatic carbocycles. The highest BCUT2D eigenvalue weighted by Crippen LogP contribution is 2.26. The third kappa shape index (κ3) is 4.36. The van der Waals surface area contributed by atoms with E-state index in [1.807, 2.05) is 30.3 Å². The highest BCUT2D eigenvalue weighted by Gasteiger charge is 2.21. The average Bonchev–Trinajstić information content (AvgIpc) is 3.45. The van der Waals surface area contributed by atoms with E-state index in [0.717, 1.165) is 41.2 Å². The molecule has 1 saturated heterocycles. The van der Waals surface area contributed by atoms with E-state index < -0.39 is 0 Å². The molecule has 31 heavy (non-hydrogen) atoms. The van der Waals surface area contributed by atoms with E-state index in [9.17, 15) is 4.79 Å². The molecule has 0 atom stereocenters. The summed E-state index contributed by atoms with van der Waals surface area (Å²) in [4.78, 5) is 22.1. The van der Waals surface area contributed by atoms with Gasteiger partial charge in [-0.25, -0.2) is 4.98 Å². The van der Waals surface area contributed by atoms with Crippen molar-refractivity contribution < 1.29 is 4.42 Å². The summed E-state index contributed by atoms with van der Waals surface area (Å²) < 4.78 is 7.71. The Balaban J connectivity index is 1.34. The summed E-state index contributed by atoms with van der Waals surface area (Å²) in [7, 11) is 0. The van der Waals surface area contributed by atoms with Crippen LogP contribution in [0, 0.1) is 0 Å². The summed E-state index contributed by atoms with van der Waals surface area (Å²) in [5, 5.41) is 10.4. The number of aromatic amines is 1. The van der Waals surface area contributed by atoms with Gasteiger partial charge < -0.3 is 14.3 Å².